The minimum Gasteiger partial charge on any atom is -0.383 e. The third kappa shape index (κ3) is 3.36. The Morgan fingerprint density at radius 1 is 1.30 bits per heavy atom. The highest BCUT2D eigenvalue weighted by Crippen LogP contribution is 2.22. The Bertz CT molecular complexity index is 705. The lowest BCUT2D eigenvalue weighted by atomic mass is 10.1. The second-order valence-electron chi connectivity index (χ2n) is 4.29. The zero-order chi connectivity index (χ0) is 14.8. The zero-order valence-electron chi connectivity index (χ0n) is 10.7. The Morgan fingerprint density at radius 2 is 1.95 bits per heavy atom. The van der Waals surface area contributed by atoms with E-state index in [4.69, 9.17) is 5.73 Å². The van der Waals surface area contributed by atoms with E-state index < -0.39 is 10.0 Å². The summed E-state index contributed by atoms with van der Waals surface area (Å²) in [5, 5.41) is 0. The first-order valence-electron chi connectivity index (χ1n) is 5.88. The van der Waals surface area contributed by atoms with Crippen molar-refractivity contribution in [2.75, 3.05) is 5.73 Å². The number of sulfonamides is 1. The number of halogens is 1. The van der Waals surface area contributed by atoms with Crippen LogP contribution in [0.5, 0.6) is 0 Å². The zero-order valence-corrected chi connectivity index (χ0v) is 13.1. The summed E-state index contributed by atoms with van der Waals surface area (Å²) >= 11 is 3.19. The molecular formula is C13H14BrN3O2S. The van der Waals surface area contributed by atoms with Crippen LogP contribution >= 0.6 is 15.9 Å². The third-order valence-electron chi connectivity index (χ3n) is 2.77. The monoisotopic (exact) mass is 355 g/mol. The van der Waals surface area contributed by atoms with Gasteiger partial charge in [0.1, 0.15) is 10.7 Å². The van der Waals surface area contributed by atoms with Gasteiger partial charge >= 0.3 is 0 Å². The summed E-state index contributed by atoms with van der Waals surface area (Å²) in [4.78, 5) is 3.80. The third-order valence-corrected chi connectivity index (χ3v) is 4.77. The van der Waals surface area contributed by atoms with Crippen LogP contribution in [-0.4, -0.2) is 13.4 Å². The molecule has 0 amide bonds. The van der Waals surface area contributed by atoms with Gasteiger partial charge in [-0.25, -0.2) is 18.1 Å². The van der Waals surface area contributed by atoms with E-state index in [1.54, 1.807) is 6.92 Å². The number of nitrogens with two attached hydrogens (primary N) is 1. The van der Waals surface area contributed by atoms with Gasteiger partial charge in [0.2, 0.25) is 10.0 Å². The Labute approximate surface area is 126 Å². The number of hydrogen-bond acceptors (Lipinski definition) is 4. The molecule has 1 heterocycles. The van der Waals surface area contributed by atoms with Gasteiger partial charge in [-0.3, -0.25) is 0 Å². The summed E-state index contributed by atoms with van der Waals surface area (Å²) in [6.45, 7) is 1.77. The molecule has 2 aromatic rings. The molecule has 20 heavy (non-hydrogen) atoms. The molecule has 1 atom stereocenters. The highest BCUT2D eigenvalue weighted by Gasteiger charge is 2.21. The van der Waals surface area contributed by atoms with Crippen molar-refractivity contribution in [1.29, 1.82) is 0 Å². The van der Waals surface area contributed by atoms with Crippen LogP contribution in [0.3, 0.4) is 0 Å². The van der Waals surface area contributed by atoms with Crippen molar-refractivity contribution in [3.05, 3.63) is 52.6 Å². The first kappa shape index (κ1) is 15.0. The maximum absolute atomic E-state index is 12.3. The fourth-order valence-electron chi connectivity index (χ4n) is 1.75. The topological polar surface area (TPSA) is 85.1 Å². The summed E-state index contributed by atoms with van der Waals surface area (Å²) < 4.78 is 27.8. The van der Waals surface area contributed by atoms with Gasteiger partial charge < -0.3 is 5.73 Å². The summed E-state index contributed by atoms with van der Waals surface area (Å²) in [6, 6.07) is 10.4. The molecule has 3 N–H and O–H groups in total. The molecule has 1 aromatic heterocycles. The highest BCUT2D eigenvalue weighted by molar-refractivity contribution is 9.10. The van der Waals surface area contributed by atoms with Gasteiger partial charge in [0.15, 0.2) is 0 Å². The Hall–Kier alpha value is -1.44. The standard InChI is InChI=1S/C13H14BrN3O2S/c1-9(10-5-3-2-4-6-10)17-20(18,19)12-7-11(14)8-16-13(12)15/h2-9,17H,1H3,(H2,15,16). The maximum atomic E-state index is 12.3. The number of nitrogens with zero attached hydrogens (tertiary/aromatic N) is 1. The van der Waals surface area contributed by atoms with Crippen molar-refractivity contribution in [3.63, 3.8) is 0 Å². The van der Waals surface area contributed by atoms with Gasteiger partial charge in [0, 0.05) is 16.7 Å². The molecule has 0 bridgehead atoms. The van der Waals surface area contributed by atoms with E-state index in [0.717, 1.165) is 5.56 Å². The lowest BCUT2D eigenvalue weighted by Crippen LogP contribution is -2.27. The number of rotatable bonds is 4. The molecule has 1 unspecified atom stereocenters. The first-order chi connectivity index (χ1) is 9.40. The number of benzene rings is 1. The lowest BCUT2D eigenvalue weighted by molar-refractivity contribution is 0.567. The second-order valence-corrected chi connectivity index (χ2v) is 6.89. The predicted molar refractivity (Wildman–Crippen MR) is 81.5 cm³/mol. The van der Waals surface area contributed by atoms with Crippen LogP contribution in [0.15, 0.2) is 52.0 Å². The van der Waals surface area contributed by atoms with Crippen molar-refractivity contribution in [3.8, 4) is 0 Å². The molecule has 0 spiro atoms. The SMILES string of the molecule is CC(NS(=O)(=O)c1cc(Br)cnc1N)c1ccccc1. The number of anilines is 1. The smallest absolute Gasteiger partial charge is 0.244 e. The normalized spacial score (nSPS) is 13.1. The minimum atomic E-state index is -3.73. The minimum absolute atomic E-state index is 0.0269. The number of nitrogen functional groups attached to an aromatic ring is 1. The Balaban J connectivity index is 2.30. The van der Waals surface area contributed by atoms with Crippen molar-refractivity contribution < 1.29 is 8.42 Å². The first-order valence-corrected chi connectivity index (χ1v) is 8.16. The maximum Gasteiger partial charge on any atom is 0.244 e. The van der Waals surface area contributed by atoms with Crippen LogP contribution in [0, 0.1) is 0 Å². The summed E-state index contributed by atoms with van der Waals surface area (Å²) in [7, 11) is -3.73. The molecule has 2 rings (SSSR count). The van der Waals surface area contributed by atoms with Crippen LogP contribution in [0.4, 0.5) is 5.82 Å². The molecule has 0 fully saturated rings. The van der Waals surface area contributed by atoms with Gasteiger partial charge in [0.05, 0.1) is 0 Å². The molecule has 1 aromatic carbocycles. The van der Waals surface area contributed by atoms with Crippen LogP contribution in [0.2, 0.25) is 0 Å². The van der Waals surface area contributed by atoms with E-state index in [-0.39, 0.29) is 16.8 Å². The van der Waals surface area contributed by atoms with E-state index in [1.807, 2.05) is 30.3 Å². The molecule has 0 saturated heterocycles. The predicted octanol–water partition coefficient (Wildman–Crippen LogP) is 2.47. The fourth-order valence-corrected chi connectivity index (χ4v) is 3.57. The van der Waals surface area contributed by atoms with E-state index in [2.05, 4.69) is 25.6 Å². The highest BCUT2D eigenvalue weighted by atomic mass is 79.9. The van der Waals surface area contributed by atoms with Crippen molar-refractivity contribution in [2.45, 2.75) is 17.9 Å². The van der Waals surface area contributed by atoms with E-state index in [9.17, 15) is 8.42 Å². The van der Waals surface area contributed by atoms with E-state index in [0.29, 0.717) is 4.47 Å². The molecule has 0 aliphatic heterocycles. The number of hydrogen-bond donors (Lipinski definition) is 2. The number of aromatic nitrogens is 1. The van der Waals surface area contributed by atoms with E-state index >= 15 is 0 Å². The molecule has 0 radical (unpaired) electrons. The molecule has 7 heteroatoms. The number of nitrogens with one attached hydrogen (secondary N) is 1. The van der Waals surface area contributed by atoms with Gasteiger partial charge in [-0.05, 0) is 34.5 Å². The van der Waals surface area contributed by atoms with Crippen molar-refractivity contribution >= 4 is 31.8 Å². The lowest BCUT2D eigenvalue weighted by Gasteiger charge is -2.15. The van der Waals surface area contributed by atoms with E-state index in [1.165, 1.54) is 12.3 Å². The van der Waals surface area contributed by atoms with Crippen LogP contribution in [-0.2, 0) is 10.0 Å². The van der Waals surface area contributed by atoms with Crippen LogP contribution in [0.25, 0.3) is 0 Å². The summed E-state index contributed by atoms with van der Waals surface area (Å²) in [6.07, 6.45) is 1.45. The average Bonchev–Trinajstić information content (AvgIpc) is 2.42. The fraction of sp³-hybridized carbons (Fsp3) is 0.154. The van der Waals surface area contributed by atoms with Gasteiger partial charge in [-0.2, -0.15) is 0 Å². The molecule has 0 aliphatic rings. The molecule has 0 aliphatic carbocycles. The molecule has 106 valence electrons. The Kier molecular flexibility index (Phi) is 4.42. The Morgan fingerprint density at radius 3 is 2.60 bits per heavy atom. The van der Waals surface area contributed by atoms with Crippen LogP contribution in [0.1, 0.15) is 18.5 Å². The summed E-state index contributed by atoms with van der Waals surface area (Å²) in [5.41, 5.74) is 6.51. The number of pyridine rings is 1. The second kappa shape index (κ2) is 5.90. The van der Waals surface area contributed by atoms with Crippen molar-refractivity contribution in [2.24, 2.45) is 0 Å². The van der Waals surface area contributed by atoms with Crippen LogP contribution < -0.4 is 10.5 Å². The molecule has 0 saturated carbocycles. The van der Waals surface area contributed by atoms with Gasteiger partial charge in [-0.15, -0.1) is 0 Å². The van der Waals surface area contributed by atoms with Gasteiger partial charge in [0.25, 0.3) is 0 Å². The molecular weight excluding hydrogens is 342 g/mol. The van der Waals surface area contributed by atoms with Crippen molar-refractivity contribution in [1.82, 2.24) is 9.71 Å². The largest absolute Gasteiger partial charge is 0.383 e. The molecule has 5 nitrogen and oxygen atoms in total. The average molecular weight is 356 g/mol. The quantitative estimate of drug-likeness (QED) is 0.881. The summed E-state index contributed by atoms with van der Waals surface area (Å²) in [5.74, 6) is -0.0269. The van der Waals surface area contributed by atoms with Gasteiger partial charge in [-0.1, -0.05) is 30.3 Å².